The number of piperidine rings is 1. The van der Waals surface area contributed by atoms with E-state index in [1.807, 2.05) is 0 Å². The molecular formula is C9H13ClN4O3S2. The van der Waals surface area contributed by atoms with Gasteiger partial charge in [0.25, 0.3) is 5.91 Å². The monoisotopic (exact) mass is 324 g/mol. The molecule has 0 spiro atoms. The normalized spacial score (nSPS) is 18.4. The molecule has 1 aromatic heterocycles. The van der Waals surface area contributed by atoms with Crippen LogP contribution >= 0.6 is 22.9 Å². The highest BCUT2D eigenvalue weighted by atomic mass is 35.5. The third-order valence-corrected chi connectivity index (χ3v) is 5.17. The lowest BCUT2D eigenvalue weighted by molar-refractivity contribution is 0.0923. The molecule has 1 N–H and O–H groups in total. The zero-order valence-corrected chi connectivity index (χ0v) is 12.6. The minimum absolute atomic E-state index is 0.0480. The number of sulfonamides is 1. The van der Waals surface area contributed by atoms with Crippen molar-refractivity contribution >= 4 is 38.9 Å². The molecule has 1 aromatic rings. The maximum atomic E-state index is 11.8. The summed E-state index contributed by atoms with van der Waals surface area (Å²) >= 11 is 6.62. The standard InChI is InChI=1S/C9H13ClN4O3S2/c1-19(16,17)14-4-2-6(3-5-14)11-7(15)8-12-13-9(10)18-8/h6H,2-5H2,1H3,(H,11,15). The first-order valence-corrected chi connectivity index (χ1v) is 8.65. The van der Waals surface area contributed by atoms with Crippen LogP contribution in [0.25, 0.3) is 0 Å². The molecule has 1 amide bonds. The predicted octanol–water partition coefficient (Wildman–Crippen LogP) is 0.345. The van der Waals surface area contributed by atoms with Crippen molar-refractivity contribution in [3.63, 3.8) is 0 Å². The second-order valence-corrected chi connectivity index (χ2v) is 7.81. The lowest BCUT2D eigenvalue weighted by Crippen LogP contribution is -2.46. The van der Waals surface area contributed by atoms with E-state index in [2.05, 4.69) is 15.5 Å². The third-order valence-electron chi connectivity index (χ3n) is 2.85. The van der Waals surface area contributed by atoms with E-state index < -0.39 is 10.0 Å². The lowest BCUT2D eigenvalue weighted by atomic mass is 10.1. The average Bonchev–Trinajstić information content (AvgIpc) is 2.75. The van der Waals surface area contributed by atoms with Gasteiger partial charge in [-0.2, -0.15) is 0 Å². The molecule has 0 atom stereocenters. The smallest absolute Gasteiger partial charge is 0.282 e. The van der Waals surface area contributed by atoms with E-state index in [9.17, 15) is 13.2 Å². The molecule has 10 heteroatoms. The number of hydrogen-bond acceptors (Lipinski definition) is 6. The fourth-order valence-corrected chi connectivity index (χ4v) is 3.48. The van der Waals surface area contributed by atoms with Crippen LogP contribution in [0, 0.1) is 0 Å². The van der Waals surface area contributed by atoms with Crippen molar-refractivity contribution < 1.29 is 13.2 Å². The second kappa shape index (κ2) is 5.70. The van der Waals surface area contributed by atoms with Crippen LogP contribution in [-0.4, -0.2) is 54.2 Å². The summed E-state index contributed by atoms with van der Waals surface area (Å²) < 4.78 is 24.3. The summed E-state index contributed by atoms with van der Waals surface area (Å²) in [5.74, 6) is -0.317. The third kappa shape index (κ3) is 3.85. The van der Waals surface area contributed by atoms with Crippen molar-refractivity contribution in [1.29, 1.82) is 0 Å². The van der Waals surface area contributed by atoms with Gasteiger partial charge in [0.1, 0.15) is 0 Å². The Morgan fingerprint density at radius 3 is 2.53 bits per heavy atom. The van der Waals surface area contributed by atoms with Crippen LogP contribution in [0.15, 0.2) is 0 Å². The van der Waals surface area contributed by atoms with Crippen molar-refractivity contribution in [2.45, 2.75) is 18.9 Å². The molecule has 19 heavy (non-hydrogen) atoms. The first kappa shape index (κ1) is 14.6. The molecule has 0 unspecified atom stereocenters. The topological polar surface area (TPSA) is 92.3 Å². The number of amides is 1. The number of aromatic nitrogens is 2. The molecule has 1 saturated heterocycles. The Hall–Kier alpha value is -0.770. The van der Waals surface area contributed by atoms with Gasteiger partial charge in [-0.05, 0) is 24.4 Å². The highest BCUT2D eigenvalue weighted by molar-refractivity contribution is 7.88. The number of carbonyl (C=O) groups excluding carboxylic acids is 1. The number of halogens is 1. The molecule has 2 rings (SSSR count). The summed E-state index contributed by atoms with van der Waals surface area (Å²) in [6.45, 7) is 0.835. The molecule has 1 aliphatic rings. The van der Waals surface area contributed by atoms with Gasteiger partial charge < -0.3 is 5.32 Å². The van der Waals surface area contributed by atoms with Gasteiger partial charge >= 0.3 is 0 Å². The Labute approximate surface area is 120 Å². The van der Waals surface area contributed by atoms with Crippen LogP contribution in [0.4, 0.5) is 0 Å². The minimum Gasteiger partial charge on any atom is -0.347 e. The van der Waals surface area contributed by atoms with E-state index in [-0.39, 0.29) is 21.4 Å². The van der Waals surface area contributed by atoms with E-state index in [1.165, 1.54) is 10.6 Å². The van der Waals surface area contributed by atoms with Crippen LogP contribution < -0.4 is 5.32 Å². The SMILES string of the molecule is CS(=O)(=O)N1CCC(NC(=O)c2nnc(Cl)s2)CC1. The molecule has 0 radical (unpaired) electrons. The molecule has 106 valence electrons. The summed E-state index contributed by atoms with van der Waals surface area (Å²) in [6, 6.07) is -0.0480. The van der Waals surface area contributed by atoms with E-state index in [0.29, 0.717) is 25.9 Å². The maximum absolute atomic E-state index is 11.8. The zero-order valence-electron chi connectivity index (χ0n) is 10.2. The first-order valence-electron chi connectivity index (χ1n) is 5.61. The number of rotatable bonds is 3. The van der Waals surface area contributed by atoms with E-state index in [0.717, 1.165) is 11.3 Å². The van der Waals surface area contributed by atoms with E-state index in [1.54, 1.807) is 0 Å². The first-order chi connectivity index (χ1) is 8.86. The zero-order chi connectivity index (χ0) is 14.0. The van der Waals surface area contributed by atoms with Gasteiger partial charge in [0, 0.05) is 19.1 Å². The van der Waals surface area contributed by atoms with Crippen molar-refractivity contribution in [1.82, 2.24) is 19.8 Å². The van der Waals surface area contributed by atoms with E-state index >= 15 is 0 Å². The molecule has 1 fully saturated rings. The van der Waals surface area contributed by atoms with Gasteiger partial charge in [0.15, 0.2) is 0 Å². The second-order valence-electron chi connectivity index (χ2n) is 4.27. The fraction of sp³-hybridized carbons (Fsp3) is 0.667. The number of nitrogens with zero attached hydrogens (tertiary/aromatic N) is 3. The molecule has 0 bridgehead atoms. The Bertz CT molecular complexity index is 566. The Morgan fingerprint density at radius 1 is 1.42 bits per heavy atom. The van der Waals surface area contributed by atoms with Crippen LogP contribution in [0.2, 0.25) is 4.47 Å². The van der Waals surface area contributed by atoms with Crippen molar-refractivity contribution in [3.05, 3.63) is 9.47 Å². The van der Waals surface area contributed by atoms with Gasteiger partial charge in [0.05, 0.1) is 6.26 Å². The number of nitrogens with one attached hydrogen (secondary N) is 1. The highest BCUT2D eigenvalue weighted by Gasteiger charge is 2.26. The van der Waals surface area contributed by atoms with Crippen LogP contribution in [-0.2, 0) is 10.0 Å². The molecule has 1 aliphatic heterocycles. The molecular weight excluding hydrogens is 312 g/mol. The number of carbonyl (C=O) groups is 1. The van der Waals surface area contributed by atoms with Crippen LogP contribution in [0.5, 0.6) is 0 Å². The summed E-state index contributed by atoms with van der Waals surface area (Å²) in [6.07, 6.45) is 2.37. The summed E-state index contributed by atoms with van der Waals surface area (Å²) in [4.78, 5) is 11.8. The largest absolute Gasteiger partial charge is 0.347 e. The summed E-state index contributed by atoms with van der Waals surface area (Å²) in [5.41, 5.74) is 0. The minimum atomic E-state index is -3.14. The summed E-state index contributed by atoms with van der Waals surface area (Å²) in [7, 11) is -3.14. The van der Waals surface area contributed by atoms with Gasteiger partial charge in [-0.1, -0.05) is 11.3 Å². The molecule has 0 aromatic carbocycles. The van der Waals surface area contributed by atoms with Crippen LogP contribution in [0.3, 0.4) is 0 Å². The predicted molar refractivity (Wildman–Crippen MR) is 71.8 cm³/mol. The molecule has 0 saturated carbocycles. The van der Waals surface area contributed by atoms with Crippen molar-refractivity contribution in [3.8, 4) is 0 Å². The lowest BCUT2D eigenvalue weighted by Gasteiger charge is -2.30. The van der Waals surface area contributed by atoms with Gasteiger partial charge in [-0.3, -0.25) is 4.79 Å². The quantitative estimate of drug-likeness (QED) is 0.866. The Kier molecular flexibility index (Phi) is 4.39. The van der Waals surface area contributed by atoms with Crippen molar-refractivity contribution in [2.75, 3.05) is 19.3 Å². The average molecular weight is 325 g/mol. The molecule has 0 aliphatic carbocycles. The van der Waals surface area contributed by atoms with E-state index in [4.69, 9.17) is 11.6 Å². The van der Waals surface area contributed by atoms with Gasteiger partial charge in [-0.15, -0.1) is 10.2 Å². The fourth-order valence-electron chi connectivity index (χ4n) is 1.88. The van der Waals surface area contributed by atoms with Gasteiger partial charge in [0.2, 0.25) is 19.5 Å². The molecule has 7 nitrogen and oxygen atoms in total. The summed E-state index contributed by atoms with van der Waals surface area (Å²) in [5, 5.41) is 10.2. The number of hydrogen-bond donors (Lipinski definition) is 1. The van der Waals surface area contributed by atoms with Crippen molar-refractivity contribution in [2.24, 2.45) is 0 Å². The Balaban J connectivity index is 1.88. The van der Waals surface area contributed by atoms with Gasteiger partial charge in [-0.25, -0.2) is 12.7 Å². The molecule has 2 heterocycles. The van der Waals surface area contributed by atoms with Crippen LogP contribution in [0.1, 0.15) is 22.6 Å². The Morgan fingerprint density at radius 2 is 2.05 bits per heavy atom. The maximum Gasteiger partial charge on any atom is 0.282 e. The highest BCUT2D eigenvalue weighted by Crippen LogP contribution is 2.17.